The molecular weight excluding hydrogens is 320 g/mol. The molecule has 0 rings (SSSR count). The SMILES string of the molecule is CC=CC(=O)OC(C)C(=O)[O-].CC=CC(=O)OC(C)C(=O)[O-].[Mg+2]. The number of allylic oxidation sites excluding steroid dienone is 2. The summed E-state index contributed by atoms with van der Waals surface area (Å²) >= 11 is 0. The third-order valence-electron chi connectivity index (χ3n) is 1.86. The van der Waals surface area contributed by atoms with E-state index in [0.29, 0.717) is 0 Å². The van der Waals surface area contributed by atoms with Gasteiger partial charge in [-0.25, -0.2) is 9.59 Å². The van der Waals surface area contributed by atoms with Gasteiger partial charge in [0.05, 0.1) is 11.9 Å². The van der Waals surface area contributed by atoms with Crippen molar-refractivity contribution in [2.45, 2.75) is 39.9 Å². The van der Waals surface area contributed by atoms with Crippen molar-refractivity contribution in [2.75, 3.05) is 0 Å². The van der Waals surface area contributed by atoms with Gasteiger partial charge in [0.2, 0.25) is 0 Å². The molecule has 0 aliphatic carbocycles. The topological polar surface area (TPSA) is 133 Å². The van der Waals surface area contributed by atoms with Gasteiger partial charge in [-0.1, -0.05) is 12.2 Å². The van der Waals surface area contributed by atoms with Crippen molar-refractivity contribution in [1.29, 1.82) is 0 Å². The second kappa shape index (κ2) is 15.0. The first-order valence-electron chi connectivity index (χ1n) is 6.24. The van der Waals surface area contributed by atoms with Crippen LogP contribution >= 0.6 is 0 Å². The van der Waals surface area contributed by atoms with Crippen molar-refractivity contribution < 1.29 is 38.9 Å². The number of aliphatic carboxylic acids is 2. The summed E-state index contributed by atoms with van der Waals surface area (Å²) in [6.45, 7) is 5.73. The Labute approximate surface area is 150 Å². The van der Waals surface area contributed by atoms with Crippen LogP contribution in [0.1, 0.15) is 27.7 Å². The molecule has 0 aromatic heterocycles. The zero-order valence-electron chi connectivity index (χ0n) is 13.4. The predicted molar refractivity (Wildman–Crippen MR) is 76.5 cm³/mol. The molecule has 0 aliphatic rings. The number of hydrogen-bond acceptors (Lipinski definition) is 8. The second-order valence-electron chi connectivity index (χ2n) is 3.80. The number of hydrogen-bond donors (Lipinski definition) is 0. The number of carboxylic acid groups (broad SMARTS) is 2. The van der Waals surface area contributed by atoms with E-state index in [1.165, 1.54) is 26.0 Å². The molecule has 2 unspecified atom stereocenters. The minimum atomic E-state index is -1.40. The van der Waals surface area contributed by atoms with E-state index in [4.69, 9.17) is 0 Å². The number of carboxylic acids is 2. The normalized spacial score (nSPS) is 12.3. The zero-order valence-corrected chi connectivity index (χ0v) is 14.9. The second-order valence-corrected chi connectivity index (χ2v) is 3.80. The van der Waals surface area contributed by atoms with Gasteiger partial charge in [-0.15, -0.1) is 0 Å². The Morgan fingerprint density at radius 1 is 0.783 bits per heavy atom. The maximum absolute atomic E-state index is 10.6. The fourth-order valence-electron chi connectivity index (χ4n) is 0.795. The average Bonchev–Trinajstić information content (AvgIpc) is 2.39. The van der Waals surface area contributed by atoms with Crippen molar-refractivity contribution >= 4 is 46.9 Å². The third-order valence-corrected chi connectivity index (χ3v) is 1.86. The number of ether oxygens (including phenoxy) is 2. The molecule has 23 heavy (non-hydrogen) atoms. The van der Waals surface area contributed by atoms with Gasteiger partial charge < -0.3 is 29.3 Å². The van der Waals surface area contributed by atoms with Crippen LogP contribution in [0.25, 0.3) is 0 Å². The third kappa shape index (κ3) is 16.3. The van der Waals surface area contributed by atoms with Crippen LogP contribution in [0.3, 0.4) is 0 Å². The van der Waals surface area contributed by atoms with Crippen LogP contribution in [0.15, 0.2) is 24.3 Å². The van der Waals surface area contributed by atoms with E-state index in [1.807, 2.05) is 0 Å². The molecule has 0 saturated heterocycles. The molecule has 0 heterocycles. The Bertz CT molecular complexity index is 414. The van der Waals surface area contributed by atoms with Gasteiger partial charge in [-0.05, 0) is 27.7 Å². The predicted octanol–water partition coefficient (Wildman–Crippen LogP) is -1.89. The molecule has 0 N–H and O–H groups in total. The van der Waals surface area contributed by atoms with Gasteiger partial charge in [0.1, 0.15) is 12.2 Å². The van der Waals surface area contributed by atoms with Crippen LogP contribution in [0.5, 0.6) is 0 Å². The van der Waals surface area contributed by atoms with E-state index in [1.54, 1.807) is 13.8 Å². The number of esters is 2. The molecule has 0 spiro atoms. The van der Waals surface area contributed by atoms with Crippen LogP contribution in [-0.4, -0.2) is 59.1 Å². The summed E-state index contributed by atoms with van der Waals surface area (Å²) in [6, 6.07) is 0. The summed E-state index contributed by atoms with van der Waals surface area (Å²) in [6.07, 6.45) is 2.81. The fraction of sp³-hybridized carbons (Fsp3) is 0.429. The molecule has 0 saturated carbocycles. The van der Waals surface area contributed by atoms with Crippen molar-refractivity contribution in [2.24, 2.45) is 0 Å². The molecule has 0 aliphatic heterocycles. The van der Waals surface area contributed by atoms with Crippen LogP contribution < -0.4 is 10.2 Å². The molecule has 0 bridgehead atoms. The summed E-state index contributed by atoms with van der Waals surface area (Å²) in [7, 11) is 0. The number of rotatable bonds is 6. The minimum absolute atomic E-state index is 0. The van der Waals surface area contributed by atoms with Gasteiger partial charge >= 0.3 is 35.0 Å². The summed E-state index contributed by atoms with van der Waals surface area (Å²) in [4.78, 5) is 41.2. The van der Waals surface area contributed by atoms with Crippen molar-refractivity contribution in [1.82, 2.24) is 0 Å². The molecule has 124 valence electrons. The Morgan fingerprint density at radius 3 is 1.22 bits per heavy atom. The molecule has 2 atom stereocenters. The monoisotopic (exact) mass is 338 g/mol. The Morgan fingerprint density at radius 2 is 1.04 bits per heavy atom. The van der Waals surface area contributed by atoms with Gasteiger partial charge in [0.25, 0.3) is 0 Å². The van der Waals surface area contributed by atoms with E-state index in [-0.39, 0.29) is 23.1 Å². The van der Waals surface area contributed by atoms with Gasteiger partial charge in [-0.3, -0.25) is 0 Å². The molecule has 0 amide bonds. The molecule has 0 aromatic rings. The summed E-state index contributed by atoms with van der Waals surface area (Å²) in [5, 5.41) is 20.1. The standard InChI is InChI=1S/2C7H10O4.Mg/c2*1-3-4-6(8)11-5(2)7(9)10;/h2*3-5H,1-2H3,(H,9,10);/q;;+2/p-2. The van der Waals surface area contributed by atoms with Crippen LogP contribution in [0.2, 0.25) is 0 Å². The molecule has 0 aromatic carbocycles. The Hall–Kier alpha value is -1.87. The molecular formula is C14H18MgO8. The van der Waals surface area contributed by atoms with Gasteiger partial charge in [0, 0.05) is 12.2 Å². The fourth-order valence-corrected chi connectivity index (χ4v) is 0.795. The van der Waals surface area contributed by atoms with Crippen molar-refractivity contribution in [3.63, 3.8) is 0 Å². The zero-order chi connectivity index (χ0) is 17.7. The molecule has 0 radical (unpaired) electrons. The average molecular weight is 339 g/mol. The Balaban J connectivity index is -0.000000333. The van der Waals surface area contributed by atoms with E-state index >= 15 is 0 Å². The van der Waals surface area contributed by atoms with E-state index in [2.05, 4.69) is 9.47 Å². The first-order valence-corrected chi connectivity index (χ1v) is 6.24. The van der Waals surface area contributed by atoms with Gasteiger partial charge in [0.15, 0.2) is 0 Å². The van der Waals surface area contributed by atoms with Crippen LogP contribution in [0, 0.1) is 0 Å². The van der Waals surface area contributed by atoms with E-state index < -0.39 is 36.1 Å². The quantitative estimate of drug-likeness (QED) is 0.312. The van der Waals surface area contributed by atoms with E-state index in [0.717, 1.165) is 12.2 Å². The molecule has 8 nitrogen and oxygen atoms in total. The summed E-state index contributed by atoms with van der Waals surface area (Å²) < 4.78 is 8.73. The summed E-state index contributed by atoms with van der Waals surface area (Å²) in [5.74, 6) is -4.15. The summed E-state index contributed by atoms with van der Waals surface area (Å²) in [5.41, 5.74) is 0. The first kappa shape index (κ1) is 26.0. The van der Waals surface area contributed by atoms with Crippen LogP contribution in [-0.2, 0) is 28.7 Å². The van der Waals surface area contributed by atoms with E-state index in [9.17, 15) is 29.4 Å². The van der Waals surface area contributed by atoms with Gasteiger partial charge in [-0.2, -0.15) is 0 Å². The van der Waals surface area contributed by atoms with Crippen LogP contribution in [0.4, 0.5) is 0 Å². The maximum atomic E-state index is 10.6. The maximum Gasteiger partial charge on any atom is 2.00 e. The number of carbonyl (C=O) groups excluding carboxylic acids is 4. The Kier molecular flexibility index (Phi) is 17.0. The van der Waals surface area contributed by atoms with Crippen molar-refractivity contribution in [3.05, 3.63) is 24.3 Å². The molecule has 9 heteroatoms. The largest absolute Gasteiger partial charge is 2.00 e. The van der Waals surface area contributed by atoms with Crippen molar-refractivity contribution in [3.8, 4) is 0 Å². The first-order chi connectivity index (χ1) is 10.1. The molecule has 0 fully saturated rings. The smallest absolute Gasteiger partial charge is 0.546 e. The minimum Gasteiger partial charge on any atom is -0.546 e. The number of carbonyl (C=O) groups is 4.